The minimum absolute atomic E-state index is 0.00241. The molecule has 2 aromatic carbocycles. The van der Waals surface area contributed by atoms with Gasteiger partial charge in [-0.25, -0.2) is 0 Å². The summed E-state index contributed by atoms with van der Waals surface area (Å²) in [5, 5.41) is 3.88. The molecule has 2 N–H and O–H groups in total. The largest absolute Gasteiger partial charge is 0.488 e. The Morgan fingerprint density at radius 2 is 1.90 bits per heavy atom. The number of hydrogen-bond acceptors (Lipinski definition) is 3. The average molecular weight is 405 g/mol. The maximum atomic E-state index is 12.9. The van der Waals surface area contributed by atoms with E-state index < -0.39 is 6.04 Å². The van der Waals surface area contributed by atoms with Crippen LogP contribution in [0.2, 0.25) is 0 Å². The monoisotopic (exact) mass is 405 g/mol. The number of fused-ring (bicyclic) bond motifs is 1. The molecular weight excluding hydrogens is 378 g/mol. The van der Waals surface area contributed by atoms with Gasteiger partial charge in [0, 0.05) is 37.0 Å². The van der Waals surface area contributed by atoms with Crippen molar-refractivity contribution in [1.82, 2.24) is 15.2 Å². The standard InChI is InChI=1S/C24H27N3O3/c1-25-24(29)22-14-19(30-18-9-3-2-4-10-18)16-27(22)23(28)13-7-8-17-15-26-21-12-6-5-11-20(17)21/h2-6,9-12,15,19,22,26H,7-8,13-14,16H2,1H3,(H,25,29)/t19-,22-/m0/s1. The molecule has 0 bridgehead atoms. The van der Waals surface area contributed by atoms with Crippen molar-refractivity contribution in [3.8, 4) is 5.75 Å². The highest BCUT2D eigenvalue weighted by Gasteiger charge is 2.40. The molecule has 1 aromatic heterocycles. The van der Waals surface area contributed by atoms with Crippen molar-refractivity contribution in [2.24, 2.45) is 0 Å². The number of para-hydroxylation sites is 2. The van der Waals surface area contributed by atoms with Crippen molar-refractivity contribution >= 4 is 22.7 Å². The highest BCUT2D eigenvalue weighted by atomic mass is 16.5. The maximum absolute atomic E-state index is 12.9. The van der Waals surface area contributed by atoms with Crippen LogP contribution in [0.3, 0.4) is 0 Å². The van der Waals surface area contributed by atoms with E-state index in [4.69, 9.17) is 4.74 Å². The number of likely N-dealkylation sites (tertiary alicyclic amines) is 1. The van der Waals surface area contributed by atoms with Crippen LogP contribution in [0, 0.1) is 0 Å². The zero-order valence-electron chi connectivity index (χ0n) is 17.1. The Hall–Kier alpha value is -3.28. The van der Waals surface area contributed by atoms with Gasteiger partial charge in [0.05, 0.1) is 6.54 Å². The number of ether oxygens (including phenoxy) is 1. The summed E-state index contributed by atoms with van der Waals surface area (Å²) in [4.78, 5) is 30.3. The van der Waals surface area contributed by atoms with Crippen LogP contribution in [0.5, 0.6) is 5.75 Å². The van der Waals surface area contributed by atoms with E-state index in [1.54, 1.807) is 11.9 Å². The Morgan fingerprint density at radius 1 is 1.13 bits per heavy atom. The van der Waals surface area contributed by atoms with Gasteiger partial charge in [-0.3, -0.25) is 9.59 Å². The number of carbonyl (C=O) groups is 2. The van der Waals surface area contributed by atoms with E-state index in [9.17, 15) is 9.59 Å². The molecule has 1 saturated heterocycles. The molecule has 1 aliphatic heterocycles. The molecule has 0 saturated carbocycles. The third-order valence-corrected chi connectivity index (χ3v) is 5.69. The molecule has 1 aliphatic rings. The summed E-state index contributed by atoms with van der Waals surface area (Å²) in [7, 11) is 1.60. The number of nitrogens with zero attached hydrogens (tertiary/aromatic N) is 1. The predicted octanol–water partition coefficient (Wildman–Crippen LogP) is 3.29. The fraction of sp³-hybridized carbons (Fsp3) is 0.333. The molecule has 30 heavy (non-hydrogen) atoms. The van der Waals surface area contributed by atoms with E-state index in [2.05, 4.69) is 22.4 Å². The van der Waals surface area contributed by atoms with Crippen molar-refractivity contribution in [2.45, 2.75) is 37.8 Å². The minimum atomic E-state index is -0.482. The molecular formula is C24H27N3O3. The van der Waals surface area contributed by atoms with Crippen molar-refractivity contribution in [2.75, 3.05) is 13.6 Å². The molecule has 2 atom stereocenters. The highest BCUT2D eigenvalue weighted by Crippen LogP contribution is 2.25. The smallest absolute Gasteiger partial charge is 0.242 e. The summed E-state index contributed by atoms with van der Waals surface area (Å²) in [5.74, 6) is 0.619. The topological polar surface area (TPSA) is 74.4 Å². The highest BCUT2D eigenvalue weighted by molar-refractivity contribution is 5.88. The number of hydrogen-bond donors (Lipinski definition) is 2. The summed E-state index contributed by atoms with van der Waals surface area (Å²) < 4.78 is 6.01. The average Bonchev–Trinajstić information content (AvgIpc) is 3.38. The summed E-state index contributed by atoms with van der Waals surface area (Å²) in [6.45, 7) is 0.429. The van der Waals surface area contributed by atoms with Crippen LogP contribution in [0.1, 0.15) is 24.8 Å². The molecule has 2 heterocycles. The van der Waals surface area contributed by atoms with E-state index in [0.29, 0.717) is 19.4 Å². The van der Waals surface area contributed by atoms with Crippen molar-refractivity contribution in [3.63, 3.8) is 0 Å². The predicted molar refractivity (Wildman–Crippen MR) is 116 cm³/mol. The molecule has 6 nitrogen and oxygen atoms in total. The first-order valence-electron chi connectivity index (χ1n) is 10.4. The second kappa shape index (κ2) is 9.03. The molecule has 6 heteroatoms. The fourth-order valence-electron chi connectivity index (χ4n) is 4.18. The van der Waals surface area contributed by atoms with Crippen LogP contribution >= 0.6 is 0 Å². The number of aryl methyl sites for hydroxylation is 1. The zero-order chi connectivity index (χ0) is 20.9. The van der Waals surface area contributed by atoms with E-state index in [0.717, 1.165) is 24.1 Å². The van der Waals surface area contributed by atoms with Gasteiger partial charge in [-0.1, -0.05) is 36.4 Å². The van der Waals surface area contributed by atoms with Crippen molar-refractivity contribution < 1.29 is 14.3 Å². The Balaban J connectivity index is 1.37. The molecule has 3 aromatic rings. The number of rotatable bonds is 7. The van der Waals surface area contributed by atoms with Gasteiger partial charge in [0.25, 0.3) is 0 Å². The Kier molecular flexibility index (Phi) is 6.02. The Labute approximate surface area is 176 Å². The van der Waals surface area contributed by atoms with Gasteiger partial charge in [0.15, 0.2) is 0 Å². The van der Waals surface area contributed by atoms with Crippen LogP contribution in [0.25, 0.3) is 10.9 Å². The van der Waals surface area contributed by atoms with Crippen LogP contribution < -0.4 is 10.1 Å². The van der Waals surface area contributed by atoms with Gasteiger partial charge in [-0.05, 0) is 36.6 Å². The minimum Gasteiger partial charge on any atom is -0.488 e. The summed E-state index contributed by atoms with van der Waals surface area (Å²) >= 11 is 0. The SMILES string of the molecule is CNC(=O)[C@@H]1C[C@H](Oc2ccccc2)CN1C(=O)CCCc1c[nH]c2ccccc12. The molecule has 2 amide bonds. The van der Waals surface area contributed by atoms with Crippen LogP contribution in [0.15, 0.2) is 60.8 Å². The van der Waals surface area contributed by atoms with Crippen molar-refractivity contribution in [1.29, 1.82) is 0 Å². The lowest BCUT2D eigenvalue weighted by molar-refractivity contribution is -0.138. The van der Waals surface area contributed by atoms with Gasteiger partial charge < -0.3 is 19.9 Å². The first-order valence-corrected chi connectivity index (χ1v) is 10.4. The fourth-order valence-corrected chi connectivity index (χ4v) is 4.18. The second-order valence-corrected chi connectivity index (χ2v) is 7.68. The van der Waals surface area contributed by atoms with Gasteiger partial charge in [-0.15, -0.1) is 0 Å². The lowest BCUT2D eigenvalue weighted by Gasteiger charge is -2.23. The van der Waals surface area contributed by atoms with Gasteiger partial charge >= 0.3 is 0 Å². The number of nitrogens with one attached hydrogen (secondary N) is 2. The van der Waals surface area contributed by atoms with Gasteiger partial charge in [0.2, 0.25) is 11.8 Å². The van der Waals surface area contributed by atoms with E-state index in [1.165, 1.54) is 10.9 Å². The second-order valence-electron chi connectivity index (χ2n) is 7.68. The van der Waals surface area contributed by atoms with Gasteiger partial charge in [0.1, 0.15) is 17.9 Å². The van der Waals surface area contributed by atoms with Gasteiger partial charge in [-0.2, -0.15) is 0 Å². The van der Waals surface area contributed by atoms with Crippen LogP contribution in [0.4, 0.5) is 0 Å². The number of aromatic nitrogens is 1. The molecule has 0 unspecified atom stereocenters. The number of amides is 2. The molecule has 1 fully saturated rings. The molecule has 156 valence electrons. The third kappa shape index (κ3) is 4.32. The number of benzene rings is 2. The summed E-state index contributed by atoms with van der Waals surface area (Å²) in [6, 6.07) is 17.2. The number of aromatic amines is 1. The lowest BCUT2D eigenvalue weighted by atomic mass is 10.1. The van der Waals surface area contributed by atoms with E-state index >= 15 is 0 Å². The lowest BCUT2D eigenvalue weighted by Crippen LogP contribution is -2.44. The molecule has 0 spiro atoms. The molecule has 0 aliphatic carbocycles. The first kappa shape index (κ1) is 20.0. The quantitative estimate of drug-likeness (QED) is 0.633. The number of likely N-dealkylation sites (N-methyl/N-ethyl adjacent to an activating group) is 1. The van der Waals surface area contributed by atoms with Crippen molar-refractivity contribution in [3.05, 3.63) is 66.4 Å². The summed E-state index contributed by atoms with van der Waals surface area (Å²) in [6.07, 6.45) is 4.29. The molecule has 4 rings (SSSR count). The van der Waals surface area contributed by atoms with Crippen LogP contribution in [-0.2, 0) is 16.0 Å². The third-order valence-electron chi connectivity index (χ3n) is 5.69. The number of H-pyrrole nitrogens is 1. The van der Waals surface area contributed by atoms with E-state index in [-0.39, 0.29) is 17.9 Å². The maximum Gasteiger partial charge on any atom is 0.242 e. The van der Waals surface area contributed by atoms with Crippen LogP contribution in [-0.4, -0.2) is 47.4 Å². The Morgan fingerprint density at radius 3 is 2.70 bits per heavy atom. The normalized spacial score (nSPS) is 18.5. The number of carbonyl (C=O) groups excluding carboxylic acids is 2. The summed E-state index contributed by atoms with van der Waals surface area (Å²) in [5.41, 5.74) is 2.33. The molecule has 0 radical (unpaired) electrons. The Bertz CT molecular complexity index is 1010. The first-order chi connectivity index (χ1) is 14.7. The zero-order valence-corrected chi connectivity index (χ0v) is 17.1. The van der Waals surface area contributed by atoms with E-state index in [1.807, 2.05) is 48.7 Å².